The van der Waals surface area contributed by atoms with Crippen LogP contribution in [0.1, 0.15) is 5.56 Å². The summed E-state index contributed by atoms with van der Waals surface area (Å²) in [5.74, 6) is 0. The third-order valence-corrected chi connectivity index (χ3v) is 1.51. The maximum absolute atomic E-state index is 8.78. The van der Waals surface area contributed by atoms with Crippen molar-refractivity contribution in [3.8, 4) is 6.07 Å². The van der Waals surface area contributed by atoms with E-state index in [9.17, 15) is 0 Å². The van der Waals surface area contributed by atoms with Gasteiger partial charge in [-0.3, -0.25) is 0 Å². The van der Waals surface area contributed by atoms with Crippen LogP contribution in [0.3, 0.4) is 0 Å². The minimum atomic E-state index is -1.69. The predicted molar refractivity (Wildman–Crippen MR) is 43.8 cm³/mol. The molecule has 0 spiro atoms. The van der Waals surface area contributed by atoms with Crippen molar-refractivity contribution in [2.75, 3.05) is 0 Å². The Labute approximate surface area is 74.2 Å². The van der Waals surface area contributed by atoms with E-state index in [4.69, 9.17) is 26.9 Å². The Bertz CT molecular complexity index is 337. The Kier molecular flexibility index (Phi) is 2.66. The van der Waals surface area contributed by atoms with Crippen molar-refractivity contribution in [3.63, 3.8) is 0 Å². The summed E-state index contributed by atoms with van der Waals surface area (Å²) in [6, 6.07) is 3.00. The zero-order chi connectivity index (χ0) is 9.14. The molecule has 0 unspecified atom stereocenters. The molecule has 1 aromatic rings. The van der Waals surface area contributed by atoms with E-state index in [0.29, 0.717) is 0 Å². The van der Waals surface area contributed by atoms with E-state index in [0.717, 1.165) is 0 Å². The van der Waals surface area contributed by atoms with Gasteiger partial charge in [0.05, 0.1) is 5.56 Å². The third kappa shape index (κ3) is 1.74. The van der Waals surface area contributed by atoms with Gasteiger partial charge in [-0.15, -0.1) is 0 Å². The molecule has 1 aromatic heterocycles. The van der Waals surface area contributed by atoms with Crippen LogP contribution in [0.5, 0.6) is 0 Å². The number of hydrogen-bond donors (Lipinski definition) is 2. The van der Waals surface area contributed by atoms with Crippen molar-refractivity contribution in [1.82, 2.24) is 4.98 Å². The van der Waals surface area contributed by atoms with Crippen LogP contribution in [0.25, 0.3) is 0 Å². The summed E-state index contributed by atoms with van der Waals surface area (Å²) in [6.45, 7) is 0. The second-order valence-electron chi connectivity index (χ2n) is 2.08. The van der Waals surface area contributed by atoms with Crippen LogP contribution >= 0.6 is 11.6 Å². The summed E-state index contributed by atoms with van der Waals surface area (Å²) >= 11 is 5.48. The third-order valence-electron chi connectivity index (χ3n) is 1.30. The Morgan fingerprint density at radius 1 is 1.58 bits per heavy atom. The first kappa shape index (κ1) is 9.01. The molecule has 0 radical (unpaired) electrons. The van der Waals surface area contributed by atoms with Crippen LogP contribution in [0, 0.1) is 11.3 Å². The Hall–Kier alpha value is -1.09. The molecule has 12 heavy (non-hydrogen) atoms. The van der Waals surface area contributed by atoms with Gasteiger partial charge in [0.2, 0.25) is 0 Å². The summed E-state index contributed by atoms with van der Waals surface area (Å²) in [5.41, 5.74) is 0.173. The van der Waals surface area contributed by atoms with E-state index in [2.05, 4.69) is 4.98 Å². The quantitative estimate of drug-likeness (QED) is 0.444. The lowest BCUT2D eigenvalue weighted by atomic mass is 9.78. The summed E-state index contributed by atoms with van der Waals surface area (Å²) < 4.78 is 0. The van der Waals surface area contributed by atoms with Crippen LogP contribution in [0.4, 0.5) is 0 Å². The summed E-state index contributed by atoms with van der Waals surface area (Å²) in [4.78, 5) is 3.61. The van der Waals surface area contributed by atoms with Gasteiger partial charge in [-0.2, -0.15) is 5.26 Å². The minimum Gasteiger partial charge on any atom is -0.423 e. The van der Waals surface area contributed by atoms with Crippen molar-refractivity contribution in [2.24, 2.45) is 0 Å². The van der Waals surface area contributed by atoms with Gasteiger partial charge in [-0.1, -0.05) is 11.6 Å². The maximum Gasteiger partial charge on any atom is 0.489 e. The lowest BCUT2D eigenvalue weighted by Crippen LogP contribution is -2.32. The zero-order valence-electron chi connectivity index (χ0n) is 5.90. The second-order valence-corrected chi connectivity index (χ2v) is 2.47. The van der Waals surface area contributed by atoms with Gasteiger partial charge in [-0.25, -0.2) is 4.98 Å². The maximum atomic E-state index is 8.78. The fourth-order valence-electron chi connectivity index (χ4n) is 0.751. The van der Waals surface area contributed by atoms with Crippen molar-refractivity contribution in [3.05, 3.63) is 23.0 Å². The molecule has 6 heteroatoms. The summed E-state index contributed by atoms with van der Waals surface area (Å²) in [5, 5.41) is 26.2. The molecule has 0 saturated heterocycles. The highest BCUT2D eigenvalue weighted by Crippen LogP contribution is 2.02. The first-order chi connectivity index (χ1) is 5.65. The van der Waals surface area contributed by atoms with E-state index in [1.54, 1.807) is 6.07 Å². The fraction of sp³-hybridized carbons (Fsp3) is 0. The van der Waals surface area contributed by atoms with Crippen molar-refractivity contribution >= 4 is 24.2 Å². The first-order valence-corrected chi connectivity index (χ1v) is 3.44. The summed E-state index contributed by atoms with van der Waals surface area (Å²) in [7, 11) is -1.69. The number of nitriles is 1. The lowest BCUT2D eigenvalue weighted by molar-refractivity contribution is 0.425. The van der Waals surface area contributed by atoms with Crippen molar-refractivity contribution in [1.29, 1.82) is 5.26 Å². The molecule has 0 aromatic carbocycles. The average Bonchev–Trinajstić information content (AvgIpc) is 2.04. The van der Waals surface area contributed by atoms with Gasteiger partial charge in [-0.05, 0) is 6.07 Å². The van der Waals surface area contributed by atoms with E-state index in [-0.39, 0.29) is 16.2 Å². The standard InChI is InChI=1S/C6H4BClN2O2/c8-6-1-5(7(11)12)4(2-9)3-10-6/h1,3,11-12H. The highest BCUT2D eigenvalue weighted by Gasteiger charge is 2.16. The molecule has 0 fully saturated rings. The van der Waals surface area contributed by atoms with Gasteiger partial charge in [0, 0.05) is 11.7 Å². The van der Waals surface area contributed by atoms with Gasteiger partial charge in [0.15, 0.2) is 0 Å². The number of hydrogen-bond acceptors (Lipinski definition) is 4. The molecular weight excluding hydrogens is 178 g/mol. The topological polar surface area (TPSA) is 77.1 Å². The van der Waals surface area contributed by atoms with Crippen LogP contribution < -0.4 is 5.46 Å². The van der Waals surface area contributed by atoms with Crippen LogP contribution in [0.15, 0.2) is 12.3 Å². The van der Waals surface area contributed by atoms with E-state index < -0.39 is 7.12 Å². The van der Waals surface area contributed by atoms with Crippen LogP contribution in [-0.4, -0.2) is 22.2 Å². The molecule has 0 aliphatic carbocycles. The second kappa shape index (κ2) is 3.54. The largest absolute Gasteiger partial charge is 0.489 e. The number of rotatable bonds is 1. The SMILES string of the molecule is N#Cc1cnc(Cl)cc1B(O)O. The fourth-order valence-corrected chi connectivity index (χ4v) is 0.917. The van der Waals surface area contributed by atoms with Gasteiger partial charge in [0.25, 0.3) is 0 Å². The average molecular weight is 182 g/mol. The molecular formula is C6H4BClN2O2. The smallest absolute Gasteiger partial charge is 0.423 e. The highest BCUT2D eigenvalue weighted by atomic mass is 35.5. The Balaban J connectivity index is 3.24. The number of nitrogens with zero attached hydrogens (tertiary/aromatic N) is 2. The van der Waals surface area contributed by atoms with Gasteiger partial charge in [0.1, 0.15) is 11.2 Å². The normalized spacial score (nSPS) is 9.17. The molecule has 0 atom stereocenters. The minimum absolute atomic E-state index is 0.0671. The van der Waals surface area contributed by atoms with Gasteiger partial charge < -0.3 is 10.0 Å². The van der Waals surface area contributed by atoms with Crippen molar-refractivity contribution < 1.29 is 10.0 Å². The zero-order valence-corrected chi connectivity index (χ0v) is 6.65. The highest BCUT2D eigenvalue weighted by molar-refractivity contribution is 6.59. The number of halogens is 1. The molecule has 0 saturated carbocycles. The van der Waals surface area contributed by atoms with E-state index >= 15 is 0 Å². The first-order valence-electron chi connectivity index (χ1n) is 3.07. The molecule has 0 bridgehead atoms. The molecule has 0 aliphatic rings. The lowest BCUT2D eigenvalue weighted by Gasteiger charge is -2.00. The monoisotopic (exact) mass is 182 g/mol. The molecule has 2 N–H and O–H groups in total. The molecule has 1 heterocycles. The van der Waals surface area contributed by atoms with Crippen LogP contribution in [-0.2, 0) is 0 Å². The number of aromatic nitrogens is 1. The Morgan fingerprint density at radius 3 is 2.75 bits per heavy atom. The molecule has 60 valence electrons. The van der Waals surface area contributed by atoms with E-state index in [1.807, 2.05) is 0 Å². The molecule has 0 amide bonds. The predicted octanol–water partition coefficient (Wildman–Crippen LogP) is -0.714. The molecule has 0 aliphatic heterocycles. The van der Waals surface area contributed by atoms with Crippen molar-refractivity contribution in [2.45, 2.75) is 0 Å². The summed E-state index contributed by atoms with van der Waals surface area (Å²) in [6.07, 6.45) is 1.19. The van der Waals surface area contributed by atoms with Crippen LogP contribution in [0.2, 0.25) is 5.15 Å². The number of pyridine rings is 1. The van der Waals surface area contributed by atoms with Gasteiger partial charge >= 0.3 is 7.12 Å². The molecule has 4 nitrogen and oxygen atoms in total. The van der Waals surface area contributed by atoms with E-state index in [1.165, 1.54) is 12.3 Å². The molecule has 1 rings (SSSR count). The Morgan fingerprint density at radius 2 is 2.25 bits per heavy atom.